The fourth-order valence-electron chi connectivity index (χ4n) is 6.72. The molecule has 3 nitrogen and oxygen atoms in total. The zero-order valence-electron chi connectivity index (χ0n) is 25.5. The Morgan fingerprint density at radius 2 is 0.957 bits per heavy atom. The van der Waals surface area contributed by atoms with E-state index < -0.39 is 0 Å². The lowest BCUT2D eigenvalue weighted by atomic mass is 9.94. The molecule has 1 heterocycles. The van der Waals surface area contributed by atoms with Crippen LogP contribution < -0.4 is 14.4 Å². The summed E-state index contributed by atoms with van der Waals surface area (Å²) in [5, 5.41) is 4.36. The summed E-state index contributed by atoms with van der Waals surface area (Å²) in [6.45, 7) is 0. The molecule has 222 valence electrons. The van der Waals surface area contributed by atoms with Gasteiger partial charge in [-0.3, -0.25) is 0 Å². The van der Waals surface area contributed by atoms with E-state index in [0.717, 1.165) is 44.7 Å². The average Bonchev–Trinajstić information content (AvgIpc) is 3.31. The van der Waals surface area contributed by atoms with E-state index in [1.807, 2.05) is 42.5 Å². The predicted octanol–water partition coefficient (Wildman–Crippen LogP) is 12.7. The lowest BCUT2D eigenvalue weighted by Gasteiger charge is -2.29. The molecule has 0 fully saturated rings. The first-order chi connectivity index (χ1) is 23.3. The molecule has 0 amide bonds. The van der Waals surface area contributed by atoms with Crippen LogP contribution in [0.25, 0.3) is 43.8 Å². The molecule has 8 aromatic carbocycles. The fraction of sp³-hybridized carbons (Fsp3) is 0. The van der Waals surface area contributed by atoms with Gasteiger partial charge in [0.15, 0.2) is 11.5 Å². The molecule has 0 unspecified atom stereocenters. The van der Waals surface area contributed by atoms with Gasteiger partial charge in [-0.1, -0.05) is 133 Å². The second-order valence-corrected chi connectivity index (χ2v) is 11.7. The summed E-state index contributed by atoms with van der Waals surface area (Å²) in [6.07, 6.45) is 0. The highest BCUT2D eigenvalue weighted by Gasteiger charge is 2.26. The Labute approximate surface area is 273 Å². The summed E-state index contributed by atoms with van der Waals surface area (Å²) in [5.41, 5.74) is 7.74. The van der Waals surface area contributed by atoms with E-state index >= 15 is 0 Å². The Morgan fingerprint density at radius 1 is 0.362 bits per heavy atom. The van der Waals surface area contributed by atoms with Crippen LogP contribution in [0.1, 0.15) is 0 Å². The standard InChI is InChI=1S/C44H29NO2/c1-3-12-30(13-4-1)31-24-26-32(27-25-31)35-28-29-38(37-19-8-7-18-36(35)37)45(34-16-5-2-6-17-34)39-20-11-23-42-44(39)47-41-22-10-15-33-14-9-21-40(46-42)43(33)41/h1-29H. The van der Waals surface area contributed by atoms with Crippen molar-refractivity contribution in [3.63, 3.8) is 0 Å². The van der Waals surface area contributed by atoms with E-state index in [2.05, 4.69) is 138 Å². The maximum Gasteiger partial charge on any atom is 0.193 e. The van der Waals surface area contributed by atoms with Crippen molar-refractivity contribution >= 4 is 38.6 Å². The molecule has 3 heteroatoms. The molecule has 0 aliphatic carbocycles. The van der Waals surface area contributed by atoms with Crippen molar-refractivity contribution in [3.8, 4) is 45.3 Å². The number of hydrogen-bond acceptors (Lipinski definition) is 3. The molecule has 0 N–H and O–H groups in total. The second kappa shape index (κ2) is 11.2. The summed E-state index contributed by atoms with van der Waals surface area (Å²) in [5.74, 6) is 2.90. The van der Waals surface area contributed by atoms with Gasteiger partial charge >= 0.3 is 0 Å². The normalized spacial score (nSPS) is 11.7. The summed E-state index contributed by atoms with van der Waals surface area (Å²) in [6, 6.07) is 61.3. The Hall–Kier alpha value is -6.32. The molecular weight excluding hydrogens is 574 g/mol. The summed E-state index contributed by atoms with van der Waals surface area (Å²) >= 11 is 0. The van der Waals surface area contributed by atoms with Crippen LogP contribution in [0.4, 0.5) is 17.1 Å². The number of hydrogen-bond donors (Lipinski definition) is 0. The summed E-state index contributed by atoms with van der Waals surface area (Å²) in [4.78, 5) is 2.28. The molecule has 9 rings (SSSR count). The van der Waals surface area contributed by atoms with Crippen molar-refractivity contribution in [2.75, 3.05) is 4.90 Å². The van der Waals surface area contributed by atoms with Gasteiger partial charge in [-0.25, -0.2) is 0 Å². The van der Waals surface area contributed by atoms with Crippen molar-refractivity contribution in [1.29, 1.82) is 0 Å². The van der Waals surface area contributed by atoms with Crippen molar-refractivity contribution in [2.45, 2.75) is 0 Å². The molecule has 0 aromatic heterocycles. The minimum Gasteiger partial charge on any atom is -0.453 e. The highest BCUT2D eigenvalue weighted by Crippen LogP contribution is 2.53. The van der Waals surface area contributed by atoms with E-state index in [0.29, 0.717) is 11.5 Å². The van der Waals surface area contributed by atoms with Crippen LogP contribution in [0.3, 0.4) is 0 Å². The average molecular weight is 604 g/mol. The van der Waals surface area contributed by atoms with Crippen LogP contribution in [0.2, 0.25) is 0 Å². The molecule has 0 radical (unpaired) electrons. The van der Waals surface area contributed by atoms with Crippen LogP contribution in [0, 0.1) is 0 Å². The number of rotatable bonds is 5. The number of anilines is 3. The molecule has 8 aromatic rings. The van der Waals surface area contributed by atoms with Gasteiger partial charge in [-0.2, -0.15) is 0 Å². The van der Waals surface area contributed by atoms with Gasteiger partial charge in [0.2, 0.25) is 0 Å². The summed E-state index contributed by atoms with van der Waals surface area (Å²) in [7, 11) is 0. The van der Waals surface area contributed by atoms with Gasteiger partial charge in [-0.15, -0.1) is 0 Å². The van der Waals surface area contributed by atoms with E-state index in [4.69, 9.17) is 9.47 Å². The topological polar surface area (TPSA) is 21.7 Å². The minimum atomic E-state index is 0.671. The lowest BCUT2D eigenvalue weighted by molar-refractivity contribution is 0.440. The van der Waals surface area contributed by atoms with Crippen molar-refractivity contribution in [3.05, 3.63) is 176 Å². The van der Waals surface area contributed by atoms with Crippen LogP contribution in [-0.4, -0.2) is 0 Å². The Balaban J connectivity index is 1.22. The Bertz CT molecular complexity index is 2400. The molecule has 0 atom stereocenters. The zero-order valence-corrected chi connectivity index (χ0v) is 25.5. The van der Waals surface area contributed by atoms with Crippen molar-refractivity contribution < 1.29 is 9.47 Å². The van der Waals surface area contributed by atoms with Crippen LogP contribution in [-0.2, 0) is 0 Å². The molecule has 0 bridgehead atoms. The quantitative estimate of drug-likeness (QED) is 0.195. The minimum absolute atomic E-state index is 0.671. The van der Waals surface area contributed by atoms with E-state index in [9.17, 15) is 0 Å². The number of para-hydroxylation sites is 2. The van der Waals surface area contributed by atoms with Gasteiger partial charge in [-0.05, 0) is 75.5 Å². The third kappa shape index (κ3) is 4.68. The molecule has 1 aliphatic heterocycles. The summed E-state index contributed by atoms with van der Waals surface area (Å²) < 4.78 is 13.4. The lowest BCUT2D eigenvalue weighted by Crippen LogP contribution is -2.12. The molecule has 1 aliphatic rings. The van der Waals surface area contributed by atoms with Crippen molar-refractivity contribution in [1.82, 2.24) is 0 Å². The first kappa shape index (κ1) is 27.0. The SMILES string of the molecule is c1ccc(-c2ccc(-c3ccc(N(c4ccccc4)c4cccc5c4Oc4cccc6cccc(c46)O5)c4ccccc34)cc2)cc1. The maximum absolute atomic E-state index is 6.82. The number of fused-ring (bicyclic) bond motifs is 2. The number of nitrogens with zero attached hydrogens (tertiary/aromatic N) is 1. The molecule has 47 heavy (non-hydrogen) atoms. The van der Waals surface area contributed by atoms with Gasteiger partial charge < -0.3 is 14.4 Å². The van der Waals surface area contributed by atoms with E-state index in [-0.39, 0.29) is 0 Å². The first-order valence-corrected chi connectivity index (χ1v) is 15.9. The fourth-order valence-corrected chi connectivity index (χ4v) is 6.72. The van der Waals surface area contributed by atoms with E-state index in [1.165, 1.54) is 27.6 Å². The van der Waals surface area contributed by atoms with Crippen LogP contribution in [0.5, 0.6) is 23.0 Å². The monoisotopic (exact) mass is 603 g/mol. The first-order valence-electron chi connectivity index (χ1n) is 15.9. The predicted molar refractivity (Wildman–Crippen MR) is 194 cm³/mol. The highest BCUT2D eigenvalue weighted by atomic mass is 16.5. The highest BCUT2D eigenvalue weighted by molar-refractivity contribution is 6.07. The van der Waals surface area contributed by atoms with Gasteiger partial charge in [0, 0.05) is 11.1 Å². The Morgan fingerprint density at radius 3 is 1.72 bits per heavy atom. The maximum atomic E-state index is 6.82. The zero-order chi connectivity index (χ0) is 31.2. The van der Waals surface area contributed by atoms with Gasteiger partial charge in [0.25, 0.3) is 0 Å². The van der Waals surface area contributed by atoms with Crippen molar-refractivity contribution in [2.24, 2.45) is 0 Å². The smallest absolute Gasteiger partial charge is 0.193 e. The largest absolute Gasteiger partial charge is 0.453 e. The Kier molecular flexibility index (Phi) is 6.46. The number of benzene rings is 8. The molecule has 0 spiro atoms. The molecule has 0 saturated carbocycles. The molecular formula is C44H29NO2. The van der Waals surface area contributed by atoms with Crippen LogP contribution in [0.15, 0.2) is 176 Å². The van der Waals surface area contributed by atoms with E-state index in [1.54, 1.807) is 0 Å². The molecule has 0 saturated heterocycles. The third-order valence-electron chi connectivity index (χ3n) is 8.92. The van der Waals surface area contributed by atoms with Gasteiger partial charge in [0.1, 0.15) is 11.5 Å². The second-order valence-electron chi connectivity index (χ2n) is 11.7. The van der Waals surface area contributed by atoms with Crippen LogP contribution >= 0.6 is 0 Å². The third-order valence-corrected chi connectivity index (χ3v) is 8.92. The van der Waals surface area contributed by atoms with Gasteiger partial charge in [0.05, 0.1) is 16.8 Å². The number of ether oxygens (including phenoxy) is 2.